The number of likely N-dealkylation sites (N-methyl/N-ethyl adjacent to an activating group) is 1. The van der Waals surface area contributed by atoms with Gasteiger partial charge in [0.25, 0.3) is 0 Å². The molecule has 1 heterocycles. The van der Waals surface area contributed by atoms with Gasteiger partial charge in [0.1, 0.15) is 5.82 Å². The van der Waals surface area contributed by atoms with Crippen molar-refractivity contribution in [1.29, 1.82) is 0 Å². The van der Waals surface area contributed by atoms with Crippen molar-refractivity contribution in [2.75, 3.05) is 13.6 Å². The lowest BCUT2D eigenvalue weighted by atomic mass is 9.96. The summed E-state index contributed by atoms with van der Waals surface area (Å²) in [5.74, 6) is -0.776. The summed E-state index contributed by atoms with van der Waals surface area (Å²) in [4.78, 5) is 15.8. The van der Waals surface area contributed by atoms with Gasteiger partial charge in [-0.05, 0) is 67.1 Å². The van der Waals surface area contributed by atoms with E-state index in [1.165, 1.54) is 30.4 Å². The standard InChI is InChI=1S/C22H24FN3O3S/c1-26(14-22(27)24-13-15-6-8-16(23)9-7-15)30(28,29)17-10-11-21-19(12-17)18-4-2-3-5-20(18)25-21/h6-12,25H,2-5,13-14H2,1H3,(H,24,27). The number of aromatic nitrogens is 1. The molecule has 1 aliphatic carbocycles. The largest absolute Gasteiger partial charge is 0.358 e. The van der Waals surface area contributed by atoms with Crippen molar-refractivity contribution in [3.05, 3.63) is 65.1 Å². The number of H-pyrrole nitrogens is 1. The van der Waals surface area contributed by atoms with E-state index in [9.17, 15) is 17.6 Å². The molecular formula is C22H24FN3O3S. The van der Waals surface area contributed by atoms with Gasteiger partial charge in [0.15, 0.2) is 0 Å². The summed E-state index contributed by atoms with van der Waals surface area (Å²) >= 11 is 0. The molecule has 0 fully saturated rings. The molecule has 1 amide bonds. The maximum atomic E-state index is 13.0. The maximum absolute atomic E-state index is 13.0. The predicted molar refractivity (Wildman–Crippen MR) is 113 cm³/mol. The minimum absolute atomic E-state index is 0.177. The number of sulfonamides is 1. The minimum Gasteiger partial charge on any atom is -0.358 e. The van der Waals surface area contributed by atoms with Crippen LogP contribution in [-0.2, 0) is 34.2 Å². The van der Waals surface area contributed by atoms with E-state index in [0.29, 0.717) is 0 Å². The van der Waals surface area contributed by atoms with E-state index in [-0.39, 0.29) is 23.8 Å². The lowest BCUT2D eigenvalue weighted by Gasteiger charge is -2.17. The first-order valence-corrected chi connectivity index (χ1v) is 11.4. The summed E-state index contributed by atoms with van der Waals surface area (Å²) in [6.45, 7) is -0.0960. The van der Waals surface area contributed by atoms with E-state index in [1.807, 2.05) is 0 Å². The first kappa shape index (κ1) is 20.6. The van der Waals surface area contributed by atoms with Gasteiger partial charge in [-0.2, -0.15) is 4.31 Å². The van der Waals surface area contributed by atoms with E-state index >= 15 is 0 Å². The number of halogens is 1. The highest BCUT2D eigenvalue weighted by Gasteiger charge is 2.24. The number of carbonyl (C=O) groups is 1. The second-order valence-corrected chi connectivity index (χ2v) is 9.71. The summed E-state index contributed by atoms with van der Waals surface area (Å²) < 4.78 is 40.0. The molecule has 6 nitrogen and oxygen atoms in total. The Morgan fingerprint density at radius 2 is 1.87 bits per heavy atom. The summed E-state index contributed by atoms with van der Waals surface area (Å²) in [6.07, 6.45) is 4.17. The maximum Gasteiger partial charge on any atom is 0.243 e. The van der Waals surface area contributed by atoms with Crippen molar-refractivity contribution in [3.8, 4) is 0 Å². The van der Waals surface area contributed by atoms with Crippen LogP contribution in [0.3, 0.4) is 0 Å². The number of amides is 1. The third-order valence-corrected chi connectivity index (χ3v) is 7.35. The number of carbonyl (C=O) groups excluding carboxylic acids is 1. The predicted octanol–water partition coefficient (Wildman–Crippen LogP) is 3.12. The molecular weight excluding hydrogens is 405 g/mol. The number of hydrogen-bond acceptors (Lipinski definition) is 3. The Labute approximate surface area is 175 Å². The number of aryl methyl sites for hydroxylation is 2. The summed E-state index contributed by atoms with van der Waals surface area (Å²) in [5, 5.41) is 3.61. The van der Waals surface area contributed by atoms with Gasteiger partial charge in [0, 0.05) is 30.2 Å². The van der Waals surface area contributed by atoms with Crippen LogP contribution in [0.4, 0.5) is 4.39 Å². The van der Waals surface area contributed by atoms with Crippen molar-refractivity contribution in [1.82, 2.24) is 14.6 Å². The van der Waals surface area contributed by atoms with Gasteiger partial charge in [-0.1, -0.05) is 12.1 Å². The zero-order valence-corrected chi connectivity index (χ0v) is 17.6. The van der Waals surface area contributed by atoms with Crippen molar-refractivity contribution in [2.45, 2.75) is 37.1 Å². The van der Waals surface area contributed by atoms with Crippen molar-refractivity contribution < 1.29 is 17.6 Å². The van der Waals surface area contributed by atoms with Gasteiger partial charge in [0.2, 0.25) is 15.9 Å². The molecule has 0 bridgehead atoms. The Hall–Kier alpha value is -2.71. The summed E-state index contributed by atoms with van der Waals surface area (Å²) in [7, 11) is -2.42. The monoisotopic (exact) mass is 429 g/mol. The summed E-state index contributed by atoms with van der Waals surface area (Å²) in [6, 6.07) is 10.8. The molecule has 0 saturated carbocycles. The van der Waals surface area contributed by atoms with Gasteiger partial charge in [-0.15, -0.1) is 0 Å². The number of hydrogen-bond donors (Lipinski definition) is 2. The second kappa shape index (κ2) is 8.20. The van der Waals surface area contributed by atoms with Gasteiger partial charge < -0.3 is 10.3 Å². The third kappa shape index (κ3) is 4.11. The number of nitrogens with one attached hydrogen (secondary N) is 2. The van der Waals surface area contributed by atoms with Crippen LogP contribution in [0.15, 0.2) is 47.4 Å². The van der Waals surface area contributed by atoms with Crippen LogP contribution < -0.4 is 5.32 Å². The van der Waals surface area contributed by atoms with E-state index in [0.717, 1.165) is 46.5 Å². The molecule has 30 heavy (non-hydrogen) atoms. The van der Waals surface area contributed by atoms with Gasteiger partial charge in [-0.3, -0.25) is 4.79 Å². The van der Waals surface area contributed by atoms with E-state index in [4.69, 9.17) is 0 Å². The molecule has 0 unspecified atom stereocenters. The number of rotatable bonds is 6. The first-order chi connectivity index (χ1) is 14.3. The Morgan fingerprint density at radius 3 is 2.63 bits per heavy atom. The number of aromatic amines is 1. The smallest absolute Gasteiger partial charge is 0.243 e. The van der Waals surface area contributed by atoms with Crippen molar-refractivity contribution in [3.63, 3.8) is 0 Å². The molecule has 0 radical (unpaired) electrons. The fraction of sp³-hybridized carbons (Fsp3) is 0.318. The van der Waals surface area contributed by atoms with Crippen molar-refractivity contribution >= 4 is 26.8 Å². The molecule has 1 aliphatic rings. The molecule has 3 aromatic rings. The Morgan fingerprint density at radius 1 is 1.13 bits per heavy atom. The van der Waals surface area contributed by atoms with Crippen LogP contribution in [0, 0.1) is 5.82 Å². The SMILES string of the molecule is CN(CC(=O)NCc1ccc(F)cc1)S(=O)(=O)c1ccc2[nH]c3c(c2c1)CCCC3. The average Bonchev–Trinajstić information content (AvgIpc) is 3.11. The summed E-state index contributed by atoms with van der Waals surface area (Å²) in [5.41, 5.74) is 4.07. The van der Waals surface area contributed by atoms with E-state index in [2.05, 4.69) is 10.3 Å². The fourth-order valence-corrected chi connectivity index (χ4v) is 5.03. The Bertz CT molecular complexity index is 1190. The van der Waals surface area contributed by atoms with Crippen LogP contribution in [0.2, 0.25) is 0 Å². The first-order valence-electron chi connectivity index (χ1n) is 9.95. The van der Waals surface area contributed by atoms with Crippen LogP contribution in [0.25, 0.3) is 10.9 Å². The second-order valence-electron chi connectivity index (χ2n) is 7.66. The van der Waals surface area contributed by atoms with Crippen LogP contribution in [-0.4, -0.2) is 37.2 Å². The number of benzene rings is 2. The van der Waals surface area contributed by atoms with Crippen LogP contribution in [0.5, 0.6) is 0 Å². The normalized spacial score (nSPS) is 14.1. The number of nitrogens with zero attached hydrogens (tertiary/aromatic N) is 1. The highest BCUT2D eigenvalue weighted by molar-refractivity contribution is 7.89. The van der Waals surface area contributed by atoms with Gasteiger partial charge in [-0.25, -0.2) is 12.8 Å². The highest BCUT2D eigenvalue weighted by atomic mass is 32.2. The molecule has 0 saturated heterocycles. The topological polar surface area (TPSA) is 82.3 Å². The lowest BCUT2D eigenvalue weighted by molar-refractivity contribution is -0.121. The van der Waals surface area contributed by atoms with E-state index in [1.54, 1.807) is 30.3 Å². The van der Waals surface area contributed by atoms with Crippen LogP contribution >= 0.6 is 0 Å². The molecule has 0 spiro atoms. The molecule has 0 aliphatic heterocycles. The molecule has 2 aromatic carbocycles. The quantitative estimate of drug-likeness (QED) is 0.632. The zero-order valence-electron chi connectivity index (χ0n) is 16.7. The fourth-order valence-electron chi connectivity index (χ4n) is 3.87. The Balaban J connectivity index is 1.47. The molecule has 8 heteroatoms. The van der Waals surface area contributed by atoms with Gasteiger partial charge in [0.05, 0.1) is 11.4 Å². The lowest BCUT2D eigenvalue weighted by Crippen LogP contribution is -2.38. The van der Waals surface area contributed by atoms with Crippen LogP contribution in [0.1, 0.15) is 29.7 Å². The van der Waals surface area contributed by atoms with Gasteiger partial charge >= 0.3 is 0 Å². The minimum atomic E-state index is -3.81. The molecule has 1 aromatic heterocycles. The highest BCUT2D eigenvalue weighted by Crippen LogP contribution is 2.31. The average molecular weight is 430 g/mol. The third-order valence-electron chi connectivity index (χ3n) is 5.55. The molecule has 158 valence electrons. The number of fused-ring (bicyclic) bond motifs is 3. The van der Waals surface area contributed by atoms with E-state index < -0.39 is 15.9 Å². The van der Waals surface area contributed by atoms with Crippen molar-refractivity contribution in [2.24, 2.45) is 0 Å². The Kier molecular flexibility index (Phi) is 5.62. The molecule has 4 rings (SSSR count). The molecule has 0 atom stereocenters. The molecule has 2 N–H and O–H groups in total. The zero-order chi connectivity index (χ0) is 21.3.